The minimum absolute atomic E-state index is 0. The molecule has 2 rings (SSSR count). The van der Waals surface area contributed by atoms with Crippen LogP contribution in [0.3, 0.4) is 0 Å². The van der Waals surface area contributed by atoms with Gasteiger partial charge in [-0.15, -0.1) is 24.0 Å². The molecule has 2 aliphatic rings. The fraction of sp³-hybridized carbons (Fsp3) is 0.947. The fourth-order valence-electron chi connectivity index (χ4n) is 3.63. The summed E-state index contributed by atoms with van der Waals surface area (Å²) < 4.78 is 17.2. The molecule has 0 amide bonds. The van der Waals surface area contributed by atoms with Gasteiger partial charge in [0.05, 0.1) is 18.8 Å². The Labute approximate surface area is 176 Å². The van der Waals surface area contributed by atoms with Crippen molar-refractivity contribution in [1.82, 2.24) is 10.6 Å². The molecule has 2 heterocycles. The van der Waals surface area contributed by atoms with Gasteiger partial charge in [-0.25, -0.2) is 0 Å². The Morgan fingerprint density at radius 3 is 2.65 bits per heavy atom. The topological polar surface area (TPSA) is 64.1 Å². The van der Waals surface area contributed by atoms with Gasteiger partial charge in [0, 0.05) is 45.9 Å². The Kier molecular flexibility index (Phi) is 11.4. The number of guanidine groups is 1. The summed E-state index contributed by atoms with van der Waals surface area (Å²) in [7, 11) is 1.82. The first-order valence-corrected chi connectivity index (χ1v) is 9.76. The molecule has 26 heavy (non-hydrogen) atoms. The van der Waals surface area contributed by atoms with Crippen molar-refractivity contribution in [3.63, 3.8) is 0 Å². The Morgan fingerprint density at radius 1 is 1.19 bits per heavy atom. The second kappa shape index (κ2) is 12.4. The lowest BCUT2D eigenvalue weighted by molar-refractivity contribution is -0.0835. The van der Waals surface area contributed by atoms with E-state index in [0.29, 0.717) is 12.0 Å². The van der Waals surface area contributed by atoms with Crippen LogP contribution in [0, 0.1) is 11.3 Å². The smallest absolute Gasteiger partial charge is 0.190 e. The summed E-state index contributed by atoms with van der Waals surface area (Å²) in [4.78, 5) is 4.33. The van der Waals surface area contributed by atoms with Gasteiger partial charge in [0.2, 0.25) is 0 Å². The lowest BCUT2D eigenvalue weighted by Crippen LogP contribution is -2.47. The predicted octanol–water partition coefficient (Wildman–Crippen LogP) is 2.81. The van der Waals surface area contributed by atoms with Crippen molar-refractivity contribution in [2.24, 2.45) is 16.3 Å². The summed E-state index contributed by atoms with van der Waals surface area (Å²) >= 11 is 0. The largest absolute Gasteiger partial charge is 0.379 e. The van der Waals surface area contributed by atoms with Crippen molar-refractivity contribution in [2.75, 3.05) is 46.6 Å². The first kappa shape index (κ1) is 23.9. The van der Waals surface area contributed by atoms with Gasteiger partial charge >= 0.3 is 0 Å². The van der Waals surface area contributed by atoms with E-state index < -0.39 is 0 Å². The van der Waals surface area contributed by atoms with Crippen molar-refractivity contribution in [1.29, 1.82) is 0 Å². The van der Waals surface area contributed by atoms with Gasteiger partial charge in [-0.05, 0) is 31.1 Å². The maximum atomic E-state index is 6.06. The fourth-order valence-corrected chi connectivity index (χ4v) is 3.63. The molecule has 2 aliphatic heterocycles. The molecular weight excluding hydrogens is 445 g/mol. The van der Waals surface area contributed by atoms with Crippen LogP contribution in [0.2, 0.25) is 0 Å². The molecule has 0 aromatic carbocycles. The Bertz CT molecular complexity index is 409. The van der Waals surface area contributed by atoms with Crippen LogP contribution in [0.1, 0.15) is 46.5 Å². The number of rotatable bonds is 7. The SMILES string of the molecule is CN=C(NCCCOC1CCOC1)NCC1CCCOC1C(C)(C)C.I. The zero-order chi connectivity index (χ0) is 18.1. The van der Waals surface area contributed by atoms with E-state index in [4.69, 9.17) is 14.2 Å². The maximum absolute atomic E-state index is 6.06. The van der Waals surface area contributed by atoms with Crippen LogP contribution >= 0.6 is 24.0 Å². The molecule has 6 nitrogen and oxygen atoms in total. The van der Waals surface area contributed by atoms with E-state index in [2.05, 4.69) is 36.4 Å². The molecule has 0 aromatic heterocycles. The third kappa shape index (κ3) is 8.27. The molecule has 0 radical (unpaired) electrons. The zero-order valence-electron chi connectivity index (χ0n) is 16.9. The highest BCUT2D eigenvalue weighted by atomic mass is 127. The van der Waals surface area contributed by atoms with Crippen LogP contribution < -0.4 is 10.6 Å². The number of aliphatic imine (C=N–C) groups is 1. The number of hydrogen-bond acceptors (Lipinski definition) is 4. The number of halogens is 1. The summed E-state index contributed by atoms with van der Waals surface area (Å²) in [6, 6.07) is 0. The summed E-state index contributed by atoms with van der Waals surface area (Å²) in [5, 5.41) is 6.85. The van der Waals surface area contributed by atoms with E-state index in [1.807, 2.05) is 7.05 Å². The van der Waals surface area contributed by atoms with Crippen LogP contribution in [0.15, 0.2) is 4.99 Å². The van der Waals surface area contributed by atoms with E-state index in [-0.39, 0.29) is 35.5 Å². The monoisotopic (exact) mass is 483 g/mol. The third-order valence-corrected chi connectivity index (χ3v) is 4.91. The van der Waals surface area contributed by atoms with Gasteiger partial charge < -0.3 is 24.8 Å². The summed E-state index contributed by atoms with van der Waals surface area (Å²) in [6.45, 7) is 11.8. The molecular formula is C19H38IN3O3. The van der Waals surface area contributed by atoms with E-state index in [0.717, 1.165) is 64.7 Å². The van der Waals surface area contributed by atoms with Gasteiger partial charge in [-0.1, -0.05) is 20.8 Å². The zero-order valence-corrected chi connectivity index (χ0v) is 19.2. The number of hydrogen-bond donors (Lipinski definition) is 2. The van der Waals surface area contributed by atoms with Crippen LogP contribution in [0.4, 0.5) is 0 Å². The Balaban J connectivity index is 0.00000338. The quantitative estimate of drug-likeness (QED) is 0.253. The summed E-state index contributed by atoms with van der Waals surface area (Å²) in [5.41, 5.74) is 0.172. The maximum Gasteiger partial charge on any atom is 0.190 e. The second-order valence-corrected chi connectivity index (χ2v) is 8.15. The predicted molar refractivity (Wildman–Crippen MR) is 116 cm³/mol. The molecule has 0 aromatic rings. The van der Waals surface area contributed by atoms with Crippen molar-refractivity contribution >= 4 is 29.9 Å². The highest BCUT2D eigenvalue weighted by molar-refractivity contribution is 14.0. The number of ether oxygens (including phenoxy) is 3. The van der Waals surface area contributed by atoms with E-state index in [1.54, 1.807) is 0 Å². The van der Waals surface area contributed by atoms with Gasteiger partial charge in [-0.2, -0.15) is 0 Å². The van der Waals surface area contributed by atoms with Crippen molar-refractivity contribution in [2.45, 2.75) is 58.7 Å². The first-order chi connectivity index (χ1) is 12.0. The molecule has 3 atom stereocenters. The van der Waals surface area contributed by atoms with Gasteiger partial charge in [0.15, 0.2) is 5.96 Å². The highest BCUT2D eigenvalue weighted by Gasteiger charge is 2.35. The summed E-state index contributed by atoms with van der Waals surface area (Å²) in [5.74, 6) is 1.39. The normalized spacial score (nSPS) is 27.1. The van der Waals surface area contributed by atoms with Crippen LogP contribution in [-0.4, -0.2) is 64.7 Å². The molecule has 154 valence electrons. The minimum Gasteiger partial charge on any atom is -0.379 e. The highest BCUT2D eigenvalue weighted by Crippen LogP contribution is 2.33. The van der Waals surface area contributed by atoms with E-state index in [9.17, 15) is 0 Å². The number of nitrogens with zero attached hydrogens (tertiary/aromatic N) is 1. The Hall–Kier alpha value is -0.120. The Morgan fingerprint density at radius 2 is 2.00 bits per heavy atom. The molecule has 0 saturated carbocycles. The average Bonchev–Trinajstić information content (AvgIpc) is 3.10. The molecule has 0 aliphatic carbocycles. The summed E-state index contributed by atoms with van der Waals surface area (Å²) in [6.07, 6.45) is 4.94. The van der Waals surface area contributed by atoms with Crippen LogP contribution in [-0.2, 0) is 14.2 Å². The lowest BCUT2D eigenvalue weighted by atomic mass is 9.78. The molecule has 0 bridgehead atoms. The van der Waals surface area contributed by atoms with Crippen molar-refractivity contribution in [3.8, 4) is 0 Å². The lowest BCUT2D eigenvalue weighted by Gasteiger charge is -2.40. The standard InChI is InChI=1S/C19H37N3O3.HI/c1-19(2,3)17-15(7-5-10-25-17)13-22-18(20-4)21-9-6-11-24-16-8-12-23-14-16;/h15-17H,5-14H2,1-4H3,(H2,20,21,22);1H. The van der Waals surface area contributed by atoms with Crippen LogP contribution in [0.5, 0.6) is 0 Å². The third-order valence-electron chi connectivity index (χ3n) is 4.91. The molecule has 2 fully saturated rings. The molecule has 0 spiro atoms. The van der Waals surface area contributed by atoms with E-state index >= 15 is 0 Å². The molecule has 2 N–H and O–H groups in total. The molecule has 7 heteroatoms. The van der Waals surface area contributed by atoms with Crippen LogP contribution in [0.25, 0.3) is 0 Å². The molecule has 2 saturated heterocycles. The van der Waals surface area contributed by atoms with Crippen molar-refractivity contribution in [3.05, 3.63) is 0 Å². The number of nitrogens with one attached hydrogen (secondary N) is 2. The van der Waals surface area contributed by atoms with E-state index in [1.165, 1.54) is 6.42 Å². The molecule has 3 unspecified atom stereocenters. The first-order valence-electron chi connectivity index (χ1n) is 9.76. The average molecular weight is 483 g/mol. The van der Waals surface area contributed by atoms with Gasteiger partial charge in [-0.3, -0.25) is 4.99 Å². The van der Waals surface area contributed by atoms with Gasteiger partial charge in [0.1, 0.15) is 0 Å². The van der Waals surface area contributed by atoms with Crippen molar-refractivity contribution < 1.29 is 14.2 Å². The second-order valence-electron chi connectivity index (χ2n) is 8.15. The van der Waals surface area contributed by atoms with Gasteiger partial charge in [0.25, 0.3) is 0 Å². The minimum atomic E-state index is 0.